The predicted octanol–water partition coefficient (Wildman–Crippen LogP) is 1.46. The van der Waals surface area contributed by atoms with E-state index in [2.05, 4.69) is 10.6 Å². The summed E-state index contributed by atoms with van der Waals surface area (Å²) in [5.41, 5.74) is 0.296. The molecule has 1 heterocycles. The molecule has 21 heavy (non-hydrogen) atoms. The van der Waals surface area contributed by atoms with E-state index in [9.17, 15) is 4.79 Å². The fourth-order valence-corrected chi connectivity index (χ4v) is 2.13. The van der Waals surface area contributed by atoms with Crippen LogP contribution in [0, 0.1) is 0 Å². The third kappa shape index (κ3) is 3.47. The minimum absolute atomic E-state index is 0.00118. The van der Waals surface area contributed by atoms with Gasteiger partial charge in [0.15, 0.2) is 11.5 Å². The zero-order valence-electron chi connectivity index (χ0n) is 13.2. The van der Waals surface area contributed by atoms with E-state index in [1.807, 2.05) is 46.0 Å². The highest BCUT2D eigenvalue weighted by Crippen LogP contribution is 2.35. The van der Waals surface area contributed by atoms with E-state index in [-0.39, 0.29) is 11.9 Å². The van der Waals surface area contributed by atoms with Gasteiger partial charge in [0.05, 0.1) is 5.41 Å². The Kier molecular flexibility index (Phi) is 4.73. The Morgan fingerprint density at radius 2 is 1.95 bits per heavy atom. The SMILES string of the molecule is CNC(C)CNC(=O)C(C)(C)c1ccc2c(c1)OCCO2. The third-order valence-electron chi connectivity index (χ3n) is 3.89. The summed E-state index contributed by atoms with van der Waals surface area (Å²) in [5, 5.41) is 6.08. The Morgan fingerprint density at radius 1 is 1.29 bits per heavy atom. The summed E-state index contributed by atoms with van der Waals surface area (Å²) in [4.78, 5) is 12.4. The first-order valence-corrected chi connectivity index (χ1v) is 7.31. The number of benzene rings is 1. The van der Waals surface area contributed by atoms with Crippen LogP contribution in [0.3, 0.4) is 0 Å². The first-order valence-electron chi connectivity index (χ1n) is 7.31. The van der Waals surface area contributed by atoms with E-state index in [1.54, 1.807) is 0 Å². The Balaban J connectivity index is 2.12. The van der Waals surface area contributed by atoms with Gasteiger partial charge in [0.1, 0.15) is 13.2 Å². The van der Waals surface area contributed by atoms with E-state index >= 15 is 0 Å². The van der Waals surface area contributed by atoms with Crippen molar-refractivity contribution < 1.29 is 14.3 Å². The number of carbonyl (C=O) groups excluding carboxylic acids is 1. The molecule has 1 aromatic rings. The van der Waals surface area contributed by atoms with Gasteiger partial charge < -0.3 is 20.1 Å². The van der Waals surface area contributed by atoms with Gasteiger partial charge in [-0.25, -0.2) is 0 Å². The van der Waals surface area contributed by atoms with Crippen molar-refractivity contribution in [1.82, 2.24) is 10.6 Å². The van der Waals surface area contributed by atoms with Crippen LogP contribution >= 0.6 is 0 Å². The van der Waals surface area contributed by atoms with Gasteiger partial charge in [-0.3, -0.25) is 4.79 Å². The maximum Gasteiger partial charge on any atom is 0.230 e. The first-order chi connectivity index (χ1) is 9.95. The number of rotatable bonds is 5. The molecule has 116 valence electrons. The van der Waals surface area contributed by atoms with Crippen LogP contribution in [0.5, 0.6) is 11.5 Å². The van der Waals surface area contributed by atoms with E-state index in [0.717, 1.165) is 11.3 Å². The molecule has 1 aliphatic rings. The van der Waals surface area contributed by atoms with E-state index in [1.165, 1.54) is 0 Å². The molecule has 0 saturated heterocycles. The molecule has 0 aliphatic carbocycles. The first kappa shape index (κ1) is 15.6. The van der Waals surface area contributed by atoms with Gasteiger partial charge in [-0.05, 0) is 45.5 Å². The largest absolute Gasteiger partial charge is 0.486 e. The van der Waals surface area contributed by atoms with Crippen LogP contribution in [0.4, 0.5) is 0 Å². The van der Waals surface area contributed by atoms with Gasteiger partial charge in [0.2, 0.25) is 5.91 Å². The molecular weight excluding hydrogens is 268 g/mol. The zero-order chi connectivity index (χ0) is 15.5. The van der Waals surface area contributed by atoms with Crippen molar-refractivity contribution >= 4 is 5.91 Å². The third-order valence-corrected chi connectivity index (χ3v) is 3.89. The fourth-order valence-electron chi connectivity index (χ4n) is 2.13. The van der Waals surface area contributed by atoms with Gasteiger partial charge in [-0.1, -0.05) is 6.07 Å². The number of fused-ring (bicyclic) bond motifs is 1. The lowest BCUT2D eigenvalue weighted by Crippen LogP contribution is -2.45. The Morgan fingerprint density at radius 3 is 2.62 bits per heavy atom. The Hall–Kier alpha value is -1.75. The van der Waals surface area contributed by atoms with Crippen LogP contribution in [-0.2, 0) is 10.2 Å². The quantitative estimate of drug-likeness (QED) is 0.862. The number of ether oxygens (including phenoxy) is 2. The maximum absolute atomic E-state index is 12.4. The molecule has 0 saturated carbocycles. The predicted molar refractivity (Wildman–Crippen MR) is 82.0 cm³/mol. The highest BCUT2D eigenvalue weighted by Gasteiger charge is 2.31. The van der Waals surface area contributed by atoms with Crippen molar-refractivity contribution in [2.75, 3.05) is 26.8 Å². The molecule has 0 spiro atoms. The number of likely N-dealkylation sites (N-methyl/N-ethyl adjacent to an activating group) is 1. The van der Waals surface area contributed by atoms with Crippen molar-refractivity contribution in [2.24, 2.45) is 0 Å². The fraction of sp³-hybridized carbons (Fsp3) is 0.562. The molecule has 1 aliphatic heterocycles. The van der Waals surface area contributed by atoms with Crippen molar-refractivity contribution in [2.45, 2.75) is 32.2 Å². The summed E-state index contributed by atoms with van der Waals surface area (Å²) in [5.74, 6) is 1.45. The molecule has 0 aromatic heterocycles. The molecule has 0 fully saturated rings. The second kappa shape index (κ2) is 6.35. The lowest BCUT2D eigenvalue weighted by atomic mass is 9.83. The number of amides is 1. The van der Waals surface area contributed by atoms with Crippen LogP contribution in [0.25, 0.3) is 0 Å². The summed E-state index contributed by atoms with van der Waals surface area (Å²) in [6.07, 6.45) is 0. The molecule has 1 unspecified atom stereocenters. The second-order valence-electron chi connectivity index (χ2n) is 5.88. The highest BCUT2D eigenvalue weighted by atomic mass is 16.6. The highest BCUT2D eigenvalue weighted by molar-refractivity contribution is 5.87. The molecule has 1 amide bonds. The monoisotopic (exact) mass is 292 g/mol. The maximum atomic E-state index is 12.4. The number of hydrogen-bond acceptors (Lipinski definition) is 4. The lowest BCUT2D eigenvalue weighted by Gasteiger charge is -2.27. The standard InChI is InChI=1S/C16H24N2O3/c1-11(17-4)10-18-15(19)16(2,3)12-5-6-13-14(9-12)21-8-7-20-13/h5-6,9,11,17H,7-8,10H2,1-4H3,(H,18,19). The Labute approximate surface area is 126 Å². The molecule has 5 nitrogen and oxygen atoms in total. The van der Waals surface area contributed by atoms with E-state index < -0.39 is 5.41 Å². The molecule has 1 aromatic carbocycles. The van der Waals surface area contributed by atoms with Crippen LogP contribution < -0.4 is 20.1 Å². The summed E-state index contributed by atoms with van der Waals surface area (Å²) in [6.45, 7) is 7.57. The number of nitrogens with one attached hydrogen (secondary N) is 2. The minimum Gasteiger partial charge on any atom is -0.486 e. The zero-order valence-corrected chi connectivity index (χ0v) is 13.2. The van der Waals surface area contributed by atoms with Gasteiger partial charge in [0, 0.05) is 12.6 Å². The van der Waals surface area contributed by atoms with Gasteiger partial charge in [-0.2, -0.15) is 0 Å². The summed E-state index contributed by atoms with van der Waals surface area (Å²) < 4.78 is 11.1. The molecule has 2 rings (SSSR count). The second-order valence-corrected chi connectivity index (χ2v) is 5.88. The van der Waals surface area contributed by atoms with Gasteiger partial charge >= 0.3 is 0 Å². The molecule has 5 heteroatoms. The van der Waals surface area contributed by atoms with Crippen molar-refractivity contribution in [3.63, 3.8) is 0 Å². The van der Waals surface area contributed by atoms with E-state index in [0.29, 0.717) is 25.5 Å². The molecule has 0 radical (unpaired) electrons. The van der Waals surface area contributed by atoms with Crippen molar-refractivity contribution in [1.29, 1.82) is 0 Å². The van der Waals surface area contributed by atoms with Gasteiger partial charge in [-0.15, -0.1) is 0 Å². The number of hydrogen-bond donors (Lipinski definition) is 2. The average molecular weight is 292 g/mol. The topological polar surface area (TPSA) is 59.6 Å². The average Bonchev–Trinajstić information content (AvgIpc) is 2.51. The molecular formula is C16H24N2O3. The molecule has 0 bridgehead atoms. The normalized spacial score (nSPS) is 15.4. The van der Waals surface area contributed by atoms with Crippen molar-refractivity contribution in [3.05, 3.63) is 23.8 Å². The minimum atomic E-state index is -0.622. The summed E-state index contributed by atoms with van der Waals surface area (Å²) in [7, 11) is 1.88. The number of carbonyl (C=O) groups is 1. The molecule has 2 N–H and O–H groups in total. The molecule has 1 atom stereocenters. The van der Waals surface area contributed by atoms with Crippen molar-refractivity contribution in [3.8, 4) is 11.5 Å². The van der Waals surface area contributed by atoms with Gasteiger partial charge in [0.25, 0.3) is 0 Å². The Bertz CT molecular complexity index is 514. The van der Waals surface area contributed by atoms with E-state index in [4.69, 9.17) is 9.47 Å². The summed E-state index contributed by atoms with van der Waals surface area (Å²) in [6, 6.07) is 5.93. The van der Waals surface area contributed by atoms with Crippen LogP contribution in [0.1, 0.15) is 26.3 Å². The van der Waals surface area contributed by atoms with Crippen LogP contribution in [0.15, 0.2) is 18.2 Å². The van der Waals surface area contributed by atoms with Crippen LogP contribution in [0.2, 0.25) is 0 Å². The summed E-state index contributed by atoms with van der Waals surface area (Å²) >= 11 is 0. The van der Waals surface area contributed by atoms with Crippen LogP contribution in [-0.4, -0.2) is 38.8 Å². The smallest absolute Gasteiger partial charge is 0.230 e. The lowest BCUT2D eigenvalue weighted by molar-refractivity contribution is -0.125.